The van der Waals surface area contributed by atoms with Gasteiger partial charge < -0.3 is 15.4 Å². The van der Waals surface area contributed by atoms with Crippen LogP contribution < -0.4 is 21.9 Å². The van der Waals surface area contributed by atoms with Crippen LogP contribution in [0.2, 0.25) is 0 Å². The van der Waals surface area contributed by atoms with Gasteiger partial charge in [-0.25, -0.2) is 28.3 Å². The van der Waals surface area contributed by atoms with Crippen LogP contribution in [-0.2, 0) is 17.8 Å². The van der Waals surface area contributed by atoms with Gasteiger partial charge in [-0.05, 0) is 56.3 Å². The number of nitrogens with one attached hydrogen (secondary N) is 2. The normalized spacial score (nSPS) is 16.3. The van der Waals surface area contributed by atoms with E-state index in [-0.39, 0.29) is 27.8 Å². The first kappa shape index (κ1) is 33.8. The summed E-state index contributed by atoms with van der Waals surface area (Å²) < 4.78 is 38.2. The number of likely N-dealkylation sites (N-methyl/N-ethyl adjacent to an activating group) is 1. The number of carbonyl (C=O) groups is 1. The molecule has 3 aromatic heterocycles. The summed E-state index contributed by atoms with van der Waals surface area (Å²) in [6, 6.07) is 8.32. The molecule has 248 valence electrons. The van der Waals surface area contributed by atoms with E-state index >= 15 is 8.78 Å². The number of ether oxygens (including phenoxy) is 1. The van der Waals surface area contributed by atoms with Gasteiger partial charge in [0.05, 0.1) is 18.5 Å². The number of halogens is 2. The van der Waals surface area contributed by atoms with Crippen molar-refractivity contribution >= 4 is 33.3 Å². The lowest BCUT2D eigenvalue weighted by atomic mass is 9.93. The van der Waals surface area contributed by atoms with Gasteiger partial charge in [-0.3, -0.25) is 14.3 Å². The maximum Gasteiger partial charge on any atom is 0.339 e. The van der Waals surface area contributed by atoms with Crippen LogP contribution in [0.5, 0.6) is 0 Å². The van der Waals surface area contributed by atoms with E-state index in [1.165, 1.54) is 40.4 Å². The molecule has 11 nitrogen and oxygen atoms in total. The number of benzene rings is 1. The van der Waals surface area contributed by atoms with Gasteiger partial charge in [-0.1, -0.05) is 25.1 Å². The Labute approximate surface area is 274 Å². The largest absolute Gasteiger partial charge is 0.380 e. The summed E-state index contributed by atoms with van der Waals surface area (Å²) in [5.41, 5.74) is 0.279. The van der Waals surface area contributed by atoms with Crippen LogP contribution in [0.25, 0.3) is 26.6 Å². The number of hydrogen-bond donors (Lipinski definition) is 2. The highest BCUT2D eigenvalue weighted by atomic mass is 32.1. The van der Waals surface area contributed by atoms with Crippen molar-refractivity contribution in [1.82, 2.24) is 29.3 Å². The molecule has 1 aromatic carbocycles. The van der Waals surface area contributed by atoms with Gasteiger partial charge in [0, 0.05) is 60.7 Å². The first-order chi connectivity index (χ1) is 22.6. The standard InChI is InChI=1S/C33H37F2N7O4S/c1-5-36-32(44)39-22-11-9-21(10-12-22)28-24(18-40(4)16-17-46-6-2)26-29(43)42(31-37-14-7-15-38-31)33(45)41(30(26)47-28)19-23-25(34)13-8-20(3)27(23)35/h7-15,20,27H,5-6,16-19H2,1-4H3,(H2,36,39,44). The first-order valence-electron chi connectivity index (χ1n) is 15.4. The summed E-state index contributed by atoms with van der Waals surface area (Å²) >= 11 is 1.19. The summed E-state index contributed by atoms with van der Waals surface area (Å²) in [5.74, 6) is -1.50. The van der Waals surface area contributed by atoms with Gasteiger partial charge in [0.2, 0.25) is 5.95 Å². The fourth-order valence-electron chi connectivity index (χ4n) is 5.35. The molecule has 14 heteroatoms. The predicted molar refractivity (Wildman–Crippen MR) is 180 cm³/mol. The summed E-state index contributed by atoms with van der Waals surface area (Å²) in [5, 5.41) is 5.68. The van der Waals surface area contributed by atoms with Crippen molar-refractivity contribution in [2.75, 3.05) is 38.7 Å². The molecule has 1 aliphatic carbocycles. The minimum atomic E-state index is -1.66. The van der Waals surface area contributed by atoms with Crippen LogP contribution in [0.4, 0.5) is 19.3 Å². The topological polar surface area (TPSA) is 123 Å². The number of rotatable bonds is 12. The van der Waals surface area contributed by atoms with Crippen molar-refractivity contribution in [1.29, 1.82) is 0 Å². The summed E-state index contributed by atoms with van der Waals surface area (Å²) in [6.07, 6.45) is 3.82. The number of fused-ring (bicyclic) bond motifs is 1. The lowest BCUT2D eigenvalue weighted by Crippen LogP contribution is -2.41. The molecular weight excluding hydrogens is 628 g/mol. The Morgan fingerprint density at radius 1 is 1.15 bits per heavy atom. The second-order valence-corrected chi connectivity index (χ2v) is 12.1. The average molecular weight is 666 g/mol. The molecule has 0 saturated carbocycles. The van der Waals surface area contributed by atoms with Crippen molar-refractivity contribution in [2.24, 2.45) is 5.92 Å². The molecular formula is C33H37F2N7O4S. The number of anilines is 1. The van der Waals surface area contributed by atoms with Crippen molar-refractivity contribution in [3.8, 4) is 16.4 Å². The minimum Gasteiger partial charge on any atom is -0.380 e. The maximum absolute atomic E-state index is 15.5. The monoisotopic (exact) mass is 665 g/mol. The van der Waals surface area contributed by atoms with Gasteiger partial charge in [-0.2, -0.15) is 4.57 Å². The molecule has 0 saturated heterocycles. The van der Waals surface area contributed by atoms with Crippen molar-refractivity contribution in [3.05, 3.63) is 92.7 Å². The maximum atomic E-state index is 15.5. The Bertz CT molecular complexity index is 1920. The van der Waals surface area contributed by atoms with E-state index in [0.29, 0.717) is 49.0 Å². The molecule has 3 heterocycles. The number of hydrogen-bond acceptors (Lipinski definition) is 8. The lowest BCUT2D eigenvalue weighted by molar-refractivity contribution is 0.120. The van der Waals surface area contributed by atoms with Gasteiger partial charge in [0.25, 0.3) is 5.56 Å². The summed E-state index contributed by atoms with van der Waals surface area (Å²) in [4.78, 5) is 51.8. The third kappa shape index (κ3) is 7.24. The van der Waals surface area contributed by atoms with E-state index in [0.717, 1.165) is 10.1 Å². The quantitative estimate of drug-likeness (QED) is 0.203. The molecule has 0 aliphatic heterocycles. The zero-order chi connectivity index (χ0) is 33.7. The Balaban J connectivity index is 1.75. The Kier molecular flexibility index (Phi) is 10.7. The van der Waals surface area contributed by atoms with Crippen LogP contribution in [0.15, 0.2) is 75.9 Å². The number of allylic oxidation sites excluding steroid dienone is 4. The molecule has 0 bridgehead atoms. The molecule has 0 radical (unpaired) electrons. The van der Waals surface area contributed by atoms with E-state index < -0.39 is 35.7 Å². The Hall–Kier alpha value is -4.53. The van der Waals surface area contributed by atoms with Crippen LogP contribution in [0.3, 0.4) is 0 Å². The molecule has 1 aliphatic rings. The molecule has 2 unspecified atom stereocenters. The molecule has 0 spiro atoms. The second kappa shape index (κ2) is 14.9. The van der Waals surface area contributed by atoms with Crippen molar-refractivity contribution in [3.63, 3.8) is 0 Å². The first-order valence-corrected chi connectivity index (χ1v) is 16.2. The third-order valence-corrected chi connectivity index (χ3v) is 9.10. The molecule has 2 amide bonds. The number of aromatic nitrogens is 4. The fourth-order valence-corrected chi connectivity index (χ4v) is 6.66. The van der Waals surface area contributed by atoms with E-state index in [4.69, 9.17) is 4.74 Å². The van der Waals surface area contributed by atoms with E-state index in [1.807, 2.05) is 37.9 Å². The number of alkyl halides is 1. The predicted octanol–water partition coefficient (Wildman–Crippen LogP) is 5.05. The molecule has 2 atom stereocenters. The minimum absolute atomic E-state index is 0.148. The van der Waals surface area contributed by atoms with Crippen LogP contribution in [-0.4, -0.2) is 69.6 Å². The summed E-state index contributed by atoms with van der Waals surface area (Å²) in [7, 11) is 1.89. The number of urea groups is 1. The highest BCUT2D eigenvalue weighted by Gasteiger charge is 2.30. The number of carbonyl (C=O) groups excluding carboxylic acids is 1. The van der Waals surface area contributed by atoms with Gasteiger partial charge >= 0.3 is 11.7 Å². The number of amides is 2. The van der Waals surface area contributed by atoms with E-state index in [2.05, 4.69) is 20.6 Å². The number of thiophene rings is 1. The lowest BCUT2D eigenvalue weighted by Gasteiger charge is -2.22. The Morgan fingerprint density at radius 2 is 1.87 bits per heavy atom. The third-order valence-electron chi connectivity index (χ3n) is 7.79. The van der Waals surface area contributed by atoms with Gasteiger partial charge in [-0.15, -0.1) is 11.3 Å². The van der Waals surface area contributed by atoms with Crippen molar-refractivity contribution in [2.45, 2.75) is 40.0 Å². The highest BCUT2D eigenvalue weighted by Crippen LogP contribution is 2.39. The SMILES string of the molecule is CCNC(=O)Nc1ccc(-c2sc3c(c2CN(C)CCOCC)c(=O)n(-c2ncccn2)c(=O)n3CC2=C(F)C=CC(C)C2F)cc1. The number of nitrogens with zero attached hydrogens (tertiary/aromatic N) is 5. The average Bonchev–Trinajstić information content (AvgIpc) is 3.42. The summed E-state index contributed by atoms with van der Waals surface area (Å²) in [6.45, 7) is 7.29. The van der Waals surface area contributed by atoms with Crippen LogP contribution in [0, 0.1) is 5.92 Å². The van der Waals surface area contributed by atoms with Gasteiger partial charge in [0.15, 0.2) is 0 Å². The van der Waals surface area contributed by atoms with E-state index in [1.54, 1.807) is 25.1 Å². The molecule has 4 aromatic rings. The molecule has 0 fully saturated rings. The molecule has 2 N–H and O–H groups in total. The Morgan fingerprint density at radius 3 is 2.55 bits per heavy atom. The zero-order valence-electron chi connectivity index (χ0n) is 26.6. The van der Waals surface area contributed by atoms with Crippen molar-refractivity contribution < 1.29 is 18.3 Å². The smallest absolute Gasteiger partial charge is 0.339 e. The van der Waals surface area contributed by atoms with Gasteiger partial charge in [0.1, 0.15) is 16.8 Å². The highest BCUT2D eigenvalue weighted by molar-refractivity contribution is 7.22. The zero-order valence-corrected chi connectivity index (χ0v) is 27.4. The van der Waals surface area contributed by atoms with E-state index in [9.17, 15) is 14.4 Å². The fraction of sp³-hybridized carbons (Fsp3) is 0.364. The molecule has 47 heavy (non-hydrogen) atoms. The van der Waals surface area contributed by atoms with Crippen LogP contribution in [0.1, 0.15) is 26.3 Å². The molecule has 5 rings (SSSR count). The second-order valence-electron chi connectivity index (χ2n) is 11.1. The van der Waals surface area contributed by atoms with Crippen LogP contribution >= 0.6 is 11.3 Å².